The number of nitrogens with two attached hydrogens (primary N) is 1. The summed E-state index contributed by atoms with van der Waals surface area (Å²) in [6.45, 7) is 0.364. The van der Waals surface area contributed by atoms with Crippen LogP contribution in [0, 0.1) is 5.41 Å². The van der Waals surface area contributed by atoms with Crippen LogP contribution in [0.2, 0.25) is 0 Å². The van der Waals surface area contributed by atoms with Gasteiger partial charge in [-0.2, -0.15) is 0 Å². The van der Waals surface area contributed by atoms with Crippen LogP contribution in [0.25, 0.3) is 11.0 Å². The van der Waals surface area contributed by atoms with E-state index >= 15 is 0 Å². The maximum absolute atomic E-state index is 12.7. The molecule has 190 valence electrons. The molecule has 1 aliphatic heterocycles. The van der Waals surface area contributed by atoms with Crippen molar-refractivity contribution in [3.8, 4) is 0 Å². The lowest BCUT2D eigenvalue weighted by atomic mass is 9.99. The molecule has 1 aromatic heterocycles. The fraction of sp³-hybridized carbons (Fsp3) is 0.304. The number of aliphatic hydroxyl groups excluding tert-OH is 3. The van der Waals surface area contributed by atoms with Gasteiger partial charge in [0, 0.05) is 18.3 Å². The predicted octanol–water partition coefficient (Wildman–Crippen LogP) is -0.482. The van der Waals surface area contributed by atoms with E-state index in [4.69, 9.17) is 25.7 Å². The van der Waals surface area contributed by atoms with E-state index in [0.717, 1.165) is 11.2 Å². The zero-order chi connectivity index (χ0) is 26.1. The molecular weight excluding hydrogens is 474 g/mol. The van der Waals surface area contributed by atoms with Crippen LogP contribution in [0.1, 0.15) is 21.7 Å². The van der Waals surface area contributed by atoms with Crippen molar-refractivity contribution in [2.45, 2.75) is 37.3 Å². The number of fused-ring (bicyclic) bond motifs is 1. The number of amidine groups is 1. The Labute approximate surface area is 204 Å². The number of nitrogen functional groups attached to an aromatic ring is 1. The van der Waals surface area contributed by atoms with Gasteiger partial charge in [-0.1, -0.05) is 0 Å². The van der Waals surface area contributed by atoms with Crippen molar-refractivity contribution >= 4 is 34.5 Å². The van der Waals surface area contributed by atoms with Crippen molar-refractivity contribution in [2.75, 3.05) is 5.32 Å². The minimum atomic E-state index is -1.89. The Morgan fingerprint density at radius 1 is 1.11 bits per heavy atom. The van der Waals surface area contributed by atoms with Crippen LogP contribution in [0.3, 0.4) is 0 Å². The molecule has 0 bridgehead atoms. The molecule has 1 saturated heterocycles. The molecular formula is C23H25N5O8. The van der Waals surface area contributed by atoms with Crippen molar-refractivity contribution in [1.82, 2.24) is 9.55 Å². The summed E-state index contributed by atoms with van der Waals surface area (Å²) in [4.78, 5) is 28.4. The summed E-state index contributed by atoms with van der Waals surface area (Å²) in [5.41, 5.74) is 8.15. The highest BCUT2D eigenvalue weighted by Crippen LogP contribution is 2.24. The van der Waals surface area contributed by atoms with Gasteiger partial charge in [0.15, 0.2) is 6.10 Å². The van der Waals surface area contributed by atoms with E-state index in [0.29, 0.717) is 23.4 Å². The van der Waals surface area contributed by atoms with Crippen molar-refractivity contribution in [3.63, 3.8) is 0 Å². The highest BCUT2D eigenvalue weighted by Gasteiger charge is 2.48. The van der Waals surface area contributed by atoms with Crippen LogP contribution < -0.4 is 11.1 Å². The first-order valence-corrected chi connectivity index (χ1v) is 10.8. The zero-order valence-electron chi connectivity index (χ0n) is 19.0. The first-order valence-electron chi connectivity index (χ1n) is 10.8. The number of carbonyl (C=O) groups is 2. The van der Waals surface area contributed by atoms with Gasteiger partial charge in [0.25, 0.3) is 0 Å². The number of imidazole rings is 1. The van der Waals surface area contributed by atoms with Gasteiger partial charge in [-0.3, -0.25) is 5.41 Å². The van der Waals surface area contributed by atoms with E-state index in [1.165, 1.54) is 12.1 Å². The largest absolute Gasteiger partial charge is 0.479 e. The van der Waals surface area contributed by atoms with Gasteiger partial charge in [0.1, 0.15) is 30.0 Å². The lowest BCUT2D eigenvalue weighted by molar-refractivity contribution is -0.278. The van der Waals surface area contributed by atoms with E-state index in [-0.39, 0.29) is 11.4 Å². The van der Waals surface area contributed by atoms with Crippen molar-refractivity contribution in [1.29, 1.82) is 5.41 Å². The average molecular weight is 499 g/mol. The van der Waals surface area contributed by atoms with Crippen LogP contribution in [0.5, 0.6) is 0 Å². The number of aliphatic carboxylic acids is 1. The molecule has 5 atom stereocenters. The van der Waals surface area contributed by atoms with Gasteiger partial charge >= 0.3 is 11.9 Å². The fourth-order valence-corrected chi connectivity index (χ4v) is 3.81. The number of aromatic nitrogens is 2. The Balaban J connectivity index is 1.47. The number of rotatable bonds is 7. The molecule has 0 radical (unpaired) electrons. The normalized spacial score (nSPS) is 23.8. The Kier molecular flexibility index (Phi) is 6.90. The molecule has 0 amide bonds. The Bertz CT molecular complexity index is 1310. The third-order valence-electron chi connectivity index (χ3n) is 5.89. The van der Waals surface area contributed by atoms with Gasteiger partial charge in [-0.25, -0.2) is 14.6 Å². The molecule has 1 aliphatic rings. The maximum atomic E-state index is 12.7. The van der Waals surface area contributed by atoms with Crippen molar-refractivity contribution < 1.29 is 39.5 Å². The summed E-state index contributed by atoms with van der Waals surface area (Å²) < 4.78 is 11.9. The number of hydrogen-bond donors (Lipinski definition) is 7. The summed E-state index contributed by atoms with van der Waals surface area (Å²) in [5.74, 6) is -1.88. The molecule has 13 heteroatoms. The maximum Gasteiger partial charge on any atom is 0.340 e. The van der Waals surface area contributed by atoms with Gasteiger partial charge in [0.2, 0.25) is 6.29 Å². The first-order chi connectivity index (χ1) is 17.1. The third-order valence-corrected chi connectivity index (χ3v) is 5.89. The van der Waals surface area contributed by atoms with Gasteiger partial charge < -0.3 is 45.5 Å². The number of carboxylic acids is 1. The van der Waals surface area contributed by atoms with Crippen LogP contribution in [-0.4, -0.2) is 78.5 Å². The highest BCUT2D eigenvalue weighted by molar-refractivity contribution is 5.95. The smallest absolute Gasteiger partial charge is 0.340 e. The quantitative estimate of drug-likeness (QED) is 0.125. The van der Waals surface area contributed by atoms with E-state index in [2.05, 4.69) is 10.3 Å². The number of ether oxygens (including phenoxy) is 2. The summed E-state index contributed by atoms with van der Waals surface area (Å²) in [6.07, 6.45) is -9.31. The molecule has 4 rings (SSSR count). The predicted molar refractivity (Wildman–Crippen MR) is 125 cm³/mol. The Hall–Kier alpha value is -4.04. The van der Waals surface area contributed by atoms with E-state index in [1.54, 1.807) is 30.3 Å². The molecule has 3 aromatic rings. The van der Waals surface area contributed by atoms with Crippen LogP contribution in [0.4, 0.5) is 5.69 Å². The summed E-state index contributed by atoms with van der Waals surface area (Å²) in [7, 11) is 1.81. The number of hydrogen-bond acceptors (Lipinski definition) is 10. The SMILES string of the molecule is Cn1c(CNc2ccc(C(=N)N)cc2)nc2cc(C(=O)OC3O[C@@H](C(=O)O)[C@H](O)[C@@H](O)[C@@H]3O)ccc21. The second kappa shape index (κ2) is 9.91. The molecule has 8 N–H and O–H groups in total. The average Bonchev–Trinajstić information content (AvgIpc) is 3.17. The minimum absolute atomic E-state index is 0.0220. The second-order valence-corrected chi connectivity index (χ2v) is 8.28. The molecule has 1 fully saturated rings. The molecule has 0 saturated carbocycles. The Morgan fingerprint density at radius 2 is 1.78 bits per heavy atom. The standard InChI is InChI=1S/C23H25N5O8/c1-28-14-7-4-11(22(34)36-23-18(31)16(29)17(30)19(35-23)21(32)33)8-13(14)27-15(28)9-26-12-5-2-10(3-6-12)20(24)25/h2-8,16-19,23,26,29-31H,9H2,1H3,(H3,24,25)(H,32,33)/t16-,17-,18+,19-,23?/m1/s1. The number of benzene rings is 2. The number of esters is 1. The minimum Gasteiger partial charge on any atom is -0.479 e. The monoisotopic (exact) mass is 499 g/mol. The molecule has 1 unspecified atom stereocenters. The molecule has 36 heavy (non-hydrogen) atoms. The lowest BCUT2D eigenvalue weighted by Gasteiger charge is -2.37. The number of nitrogens with zero attached hydrogens (tertiary/aromatic N) is 2. The lowest BCUT2D eigenvalue weighted by Crippen LogP contribution is -2.60. The third kappa shape index (κ3) is 4.85. The van der Waals surface area contributed by atoms with Crippen LogP contribution >= 0.6 is 0 Å². The van der Waals surface area contributed by atoms with E-state index in [1.807, 2.05) is 11.6 Å². The van der Waals surface area contributed by atoms with E-state index in [9.17, 15) is 24.9 Å². The summed E-state index contributed by atoms with van der Waals surface area (Å²) in [6, 6.07) is 11.6. The van der Waals surface area contributed by atoms with Gasteiger partial charge in [-0.15, -0.1) is 0 Å². The Morgan fingerprint density at radius 3 is 2.42 bits per heavy atom. The fourth-order valence-electron chi connectivity index (χ4n) is 3.81. The highest BCUT2D eigenvalue weighted by atomic mass is 16.7. The topological polar surface area (TPSA) is 213 Å². The second-order valence-electron chi connectivity index (χ2n) is 8.28. The van der Waals surface area contributed by atoms with Gasteiger partial charge in [0.05, 0.1) is 23.1 Å². The summed E-state index contributed by atoms with van der Waals surface area (Å²) >= 11 is 0. The number of carbonyl (C=O) groups excluding carboxylic acids is 1. The first kappa shape index (κ1) is 25.1. The zero-order valence-corrected chi connectivity index (χ0v) is 19.0. The van der Waals surface area contributed by atoms with E-state index < -0.39 is 42.6 Å². The number of aliphatic hydroxyl groups is 3. The molecule has 2 aromatic carbocycles. The van der Waals surface area contributed by atoms with Gasteiger partial charge in [-0.05, 0) is 42.5 Å². The van der Waals surface area contributed by atoms with Crippen LogP contribution in [-0.2, 0) is 27.9 Å². The summed E-state index contributed by atoms with van der Waals surface area (Å²) in [5, 5.41) is 49.5. The molecule has 13 nitrogen and oxygen atoms in total. The van der Waals surface area contributed by atoms with Crippen molar-refractivity contribution in [2.24, 2.45) is 12.8 Å². The van der Waals surface area contributed by atoms with Crippen molar-refractivity contribution in [3.05, 3.63) is 59.4 Å². The molecule has 0 aliphatic carbocycles. The number of nitrogens with one attached hydrogen (secondary N) is 2. The number of anilines is 1. The molecule has 2 heterocycles. The molecule has 0 spiro atoms. The number of carboxylic acid groups (broad SMARTS) is 1. The number of aryl methyl sites for hydroxylation is 1. The van der Waals surface area contributed by atoms with Crippen LogP contribution in [0.15, 0.2) is 42.5 Å².